The van der Waals surface area contributed by atoms with E-state index in [0.717, 1.165) is 5.69 Å². The van der Waals surface area contributed by atoms with Gasteiger partial charge in [-0.3, -0.25) is 4.79 Å². The molecule has 0 bridgehead atoms. The summed E-state index contributed by atoms with van der Waals surface area (Å²) < 4.78 is 6.96. The van der Waals surface area contributed by atoms with E-state index in [4.69, 9.17) is 4.74 Å². The minimum Gasteiger partial charge on any atom is -0.466 e. The second-order valence-corrected chi connectivity index (χ2v) is 4.41. The molecule has 2 atom stereocenters. The lowest BCUT2D eigenvalue weighted by Gasteiger charge is -2.22. The van der Waals surface area contributed by atoms with Gasteiger partial charge in [-0.05, 0) is 19.8 Å². The van der Waals surface area contributed by atoms with Gasteiger partial charge in [0.15, 0.2) is 0 Å². The zero-order valence-corrected chi connectivity index (χ0v) is 11.3. The minimum atomic E-state index is -0.259. The SMILES string of the molecule is CCOC(=O)[C@@H](CC)[C@H](CO)Cc1cncn1C. The van der Waals surface area contributed by atoms with Crippen molar-refractivity contribution >= 4 is 5.97 Å². The van der Waals surface area contributed by atoms with Crippen LogP contribution in [0, 0.1) is 11.8 Å². The third-order valence-electron chi connectivity index (χ3n) is 3.22. The largest absolute Gasteiger partial charge is 0.466 e. The molecule has 0 unspecified atom stereocenters. The Balaban J connectivity index is 2.74. The van der Waals surface area contributed by atoms with Gasteiger partial charge in [0, 0.05) is 31.5 Å². The van der Waals surface area contributed by atoms with Crippen LogP contribution < -0.4 is 0 Å². The Morgan fingerprint density at radius 3 is 2.72 bits per heavy atom. The van der Waals surface area contributed by atoms with Gasteiger partial charge in [-0.15, -0.1) is 0 Å². The number of carbonyl (C=O) groups excluding carboxylic acids is 1. The number of hydrogen-bond donors (Lipinski definition) is 1. The van der Waals surface area contributed by atoms with Gasteiger partial charge in [0.2, 0.25) is 0 Å². The molecular formula is C13H22N2O3. The number of aromatic nitrogens is 2. The summed E-state index contributed by atoms with van der Waals surface area (Å²) in [5.74, 6) is -0.601. The van der Waals surface area contributed by atoms with E-state index in [1.165, 1.54) is 0 Å². The van der Waals surface area contributed by atoms with Gasteiger partial charge in [0.05, 0.1) is 18.9 Å². The molecule has 1 aromatic rings. The number of rotatable bonds is 7. The fraction of sp³-hybridized carbons (Fsp3) is 0.692. The third kappa shape index (κ3) is 3.57. The van der Waals surface area contributed by atoms with Crippen LogP contribution >= 0.6 is 0 Å². The molecule has 1 aromatic heterocycles. The Labute approximate surface area is 108 Å². The molecule has 0 aliphatic rings. The summed E-state index contributed by atoms with van der Waals surface area (Å²) in [6.45, 7) is 4.08. The van der Waals surface area contributed by atoms with E-state index in [1.54, 1.807) is 19.4 Å². The first-order chi connectivity index (χ1) is 8.63. The monoisotopic (exact) mass is 254 g/mol. The van der Waals surface area contributed by atoms with Crippen LogP contribution in [0.5, 0.6) is 0 Å². The zero-order chi connectivity index (χ0) is 13.5. The first-order valence-corrected chi connectivity index (χ1v) is 6.36. The maximum Gasteiger partial charge on any atom is 0.309 e. The number of aliphatic hydroxyl groups excluding tert-OH is 1. The highest BCUT2D eigenvalue weighted by molar-refractivity contribution is 5.72. The number of esters is 1. The van der Waals surface area contributed by atoms with Crippen LogP contribution in [0.15, 0.2) is 12.5 Å². The predicted octanol–water partition coefficient (Wildman–Crippen LogP) is 1.16. The van der Waals surface area contributed by atoms with Crippen LogP contribution in [0.3, 0.4) is 0 Å². The molecular weight excluding hydrogens is 232 g/mol. The van der Waals surface area contributed by atoms with E-state index < -0.39 is 0 Å². The van der Waals surface area contributed by atoms with Crippen molar-refractivity contribution in [1.29, 1.82) is 0 Å². The van der Waals surface area contributed by atoms with Gasteiger partial charge in [-0.25, -0.2) is 4.98 Å². The lowest BCUT2D eigenvalue weighted by atomic mass is 9.87. The lowest BCUT2D eigenvalue weighted by Crippen LogP contribution is -2.29. The average Bonchev–Trinajstić information content (AvgIpc) is 2.75. The van der Waals surface area contributed by atoms with Crippen LogP contribution in [0.25, 0.3) is 0 Å². The normalized spacial score (nSPS) is 14.2. The molecule has 102 valence electrons. The minimum absolute atomic E-state index is 0.0253. The van der Waals surface area contributed by atoms with Crippen molar-refractivity contribution in [3.63, 3.8) is 0 Å². The highest BCUT2D eigenvalue weighted by Crippen LogP contribution is 2.21. The van der Waals surface area contributed by atoms with Crippen LogP contribution in [0.2, 0.25) is 0 Å². The second-order valence-electron chi connectivity index (χ2n) is 4.41. The number of aryl methyl sites for hydroxylation is 1. The van der Waals surface area contributed by atoms with Gasteiger partial charge in [0.25, 0.3) is 0 Å². The summed E-state index contributed by atoms with van der Waals surface area (Å²) in [5.41, 5.74) is 1.01. The standard InChI is InChI=1S/C13H22N2O3/c1-4-12(13(17)18-5-2)10(8-16)6-11-7-14-9-15(11)3/h7,9-10,12,16H,4-6,8H2,1-3H3/t10-,12-/m0/s1. The van der Waals surface area contributed by atoms with E-state index >= 15 is 0 Å². The molecule has 0 saturated carbocycles. The van der Waals surface area contributed by atoms with Crippen molar-refractivity contribution in [2.75, 3.05) is 13.2 Å². The number of imidazole rings is 1. The number of carbonyl (C=O) groups is 1. The molecule has 1 heterocycles. The smallest absolute Gasteiger partial charge is 0.309 e. The number of ether oxygens (including phenoxy) is 1. The van der Waals surface area contributed by atoms with Crippen molar-refractivity contribution < 1.29 is 14.6 Å². The molecule has 0 aliphatic heterocycles. The van der Waals surface area contributed by atoms with Gasteiger partial charge < -0.3 is 14.4 Å². The summed E-state index contributed by atoms with van der Waals surface area (Å²) in [5, 5.41) is 9.50. The van der Waals surface area contributed by atoms with Gasteiger partial charge in [0.1, 0.15) is 0 Å². The van der Waals surface area contributed by atoms with Crippen molar-refractivity contribution in [2.45, 2.75) is 26.7 Å². The molecule has 0 amide bonds. The molecule has 1 rings (SSSR count). The summed E-state index contributed by atoms with van der Waals surface area (Å²) in [6.07, 6.45) is 4.78. The highest BCUT2D eigenvalue weighted by atomic mass is 16.5. The zero-order valence-electron chi connectivity index (χ0n) is 11.3. The molecule has 0 saturated heterocycles. The molecule has 5 heteroatoms. The third-order valence-corrected chi connectivity index (χ3v) is 3.22. The second kappa shape index (κ2) is 7.16. The number of nitrogens with zero attached hydrogens (tertiary/aromatic N) is 2. The van der Waals surface area contributed by atoms with Crippen LogP contribution in [-0.4, -0.2) is 33.8 Å². The molecule has 0 spiro atoms. The lowest BCUT2D eigenvalue weighted by molar-refractivity contribution is -0.150. The van der Waals surface area contributed by atoms with E-state index in [0.29, 0.717) is 19.4 Å². The fourth-order valence-electron chi connectivity index (χ4n) is 2.13. The number of hydrogen-bond acceptors (Lipinski definition) is 4. The summed E-state index contributed by atoms with van der Waals surface area (Å²) >= 11 is 0. The van der Waals surface area contributed by atoms with Gasteiger partial charge in [-0.2, -0.15) is 0 Å². The van der Waals surface area contributed by atoms with Crippen molar-refractivity contribution in [3.05, 3.63) is 18.2 Å². The Hall–Kier alpha value is -1.36. The topological polar surface area (TPSA) is 64.3 Å². The molecule has 5 nitrogen and oxygen atoms in total. The quantitative estimate of drug-likeness (QED) is 0.742. The highest BCUT2D eigenvalue weighted by Gasteiger charge is 2.28. The van der Waals surface area contributed by atoms with Crippen LogP contribution in [0.1, 0.15) is 26.0 Å². The Morgan fingerprint density at radius 1 is 1.56 bits per heavy atom. The van der Waals surface area contributed by atoms with E-state index in [1.807, 2.05) is 18.5 Å². The average molecular weight is 254 g/mol. The fourth-order valence-corrected chi connectivity index (χ4v) is 2.13. The Bertz CT molecular complexity index is 376. The first kappa shape index (κ1) is 14.7. The molecule has 0 aromatic carbocycles. The van der Waals surface area contributed by atoms with Gasteiger partial charge >= 0.3 is 5.97 Å². The molecule has 0 aliphatic carbocycles. The molecule has 0 radical (unpaired) electrons. The summed E-state index contributed by atoms with van der Waals surface area (Å²) in [7, 11) is 1.90. The van der Waals surface area contributed by atoms with Crippen LogP contribution in [0.4, 0.5) is 0 Å². The predicted molar refractivity (Wildman–Crippen MR) is 67.9 cm³/mol. The Morgan fingerprint density at radius 2 is 2.28 bits per heavy atom. The molecule has 0 fully saturated rings. The van der Waals surface area contributed by atoms with E-state index in [-0.39, 0.29) is 24.4 Å². The summed E-state index contributed by atoms with van der Waals surface area (Å²) in [4.78, 5) is 15.9. The van der Waals surface area contributed by atoms with E-state index in [9.17, 15) is 9.90 Å². The van der Waals surface area contributed by atoms with Crippen molar-refractivity contribution in [3.8, 4) is 0 Å². The molecule has 18 heavy (non-hydrogen) atoms. The van der Waals surface area contributed by atoms with Gasteiger partial charge in [-0.1, -0.05) is 6.92 Å². The Kier molecular flexibility index (Phi) is 5.85. The maximum atomic E-state index is 11.8. The first-order valence-electron chi connectivity index (χ1n) is 6.36. The van der Waals surface area contributed by atoms with Crippen molar-refractivity contribution in [1.82, 2.24) is 9.55 Å². The summed E-state index contributed by atoms with van der Waals surface area (Å²) in [6, 6.07) is 0. The molecule has 1 N–H and O–H groups in total. The van der Waals surface area contributed by atoms with E-state index in [2.05, 4.69) is 4.98 Å². The van der Waals surface area contributed by atoms with Crippen molar-refractivity contribution in [2.24, 2.45) is 18.9 Å². The maximum absolute atomic E-state index is 11.8. The van der Waals surface area contributed by atoms with Crippen LogP contribution in [-0.2, 0) is 23.0 Å². The number of aliphatic hydroxyl groups is 1.